The summed E-state index contributed by atoms with van der Waals surface area (Å²) in [7, 11) is 1.78. The molecule has 1 aliphatic rings. The molecule has 1 amide bonds. The van der Waals surface area contributed by atoms with E-state index in [4.69, 9.17) is 11.6 Å². The van der Waals surface area contributed by atoms with E-state index in [1.807, 2.05) is 12.1 Å². The van der Waals surface area contributed by atoms with Crippen LogP contribution in [0, 0.1) is 10.1 Å². The van der Waals surface area contributed by atoms with Crippen molar-refractivity contribution in [3.8, 4) is 0 Å². The van der Waals surface area contributed by atoms with Crippen LogP contribution in [-0.2, 0) is 11.2 Å². The van der Waals surface area contributed by atoms with E-state index in [1.165, 1.54) is 29.3 Å². The highest BCUT2D eigenvalue weighted by Gasteiger charge is 2.27. The molecular formula is C19H17ClN2O3. The Kier molecular flexibility index (Phi) is 4.86. The molecule has 0 radical (unpaired) electrons. The Morgan fingerprint density at radius 1 is 1.32 bits per heavy atom. The predicted molar refractivity (Wildman–Crippen MR) is 97.4 cm³/mol. The minimum atomic E-state index is -0.539. The van der Waals surface area contributed by atoms with Gasteiger partial charge in [-0.1, -0.05) is 41.9 Å². The second-order valence-electron chi connectivity index (χ2n) is 6.00. The summed E-state index contributed by atoms with van der Waals surface area (Å²) in [4.78, 5) is 24.6. The Morgan fingerprint density at radius 2 is 2.08 bits per heavy atom. The molecule has 5 nitrogen and oxygen atoms in total. The van der Waals surface area contributed by atoms with E-state index < -0.39 is 4.92 Å². The quantitative estimate of drug-likeness (QED) is 0.463. The third kappa shape index (κ3) is 3.56. The highest BCUT2D eigenvalue weighted by atomic mass is 35.5. The van der Waals surface area contributed by atoms with Crippen molar-refractivity contribution in [3.05, 3.63) is 80.4 Å². The maximum atomic E-state index is 12.5. The first-order chi connectivity index (χ1) is 12.0. The number of nitro benzene ring substituents is 1. The first kappa shape index (κ1) is 17.2. The summed E-state index contributed by atoms with van der Waals surface area (Å²) >= 11 is 5.80. The molecule has 6 heteroatoms. The third-order valence-corrected chi connectivity index (χ3v) is 4.82. The SMILES string of the molecule is CN(C(=O)/C=C/c1ccc(Cl)c([N+](=O)[O-])c1)C1CCc2ccccc21. The number of halogens is 1. The first-order valence-corrected chi connectivity index (χ1v) is 8.32. The molecular weight excluding hydrogens is 340 g/mol. The predicted octanol–water partition coefficient (Wildman–Crippen LogP) is 4.41. The summed E-state index contributed by atoms with van der Waals surface area (Å²) in [6, 6.07) is 12.7. The van der Waals surface area contributed by atoms with Crippen LogP contribution >= 0.6 is 11.6 Å². The molecule has 1 atom stereocenters. The molecule has 2 aromatic rings. The van der Waals surface area contributed by atoms with Crippen LogP contribution in [0.25, 0.3) is 6.08 Å². The van der Waals surface area contributed by atoms with Gasteiger partial charge in [-0.15, -0.1) is 0 Å². The van der Waals surface area contributed by atoms with E-state index in [0.29, 0.717) is 5.56 Å². The van der Waals surface area contributed by atoms with Gasteiger partial charge in [-0.3, -0.25) is 14.9 Å². The molecule has 0 saturated heterocycles. The van der Waals surface area contributed by atoms with Crippen molar-refractivity contribution in [2.45, 2.75) is 18.9 Å². The molecule has 0 bridgehead atoms. The number of amides is 1. The van der Waals surface area contributed by atoms with Crippen LogP contribution in [0.15, 0.2) is 48.5 Å². The number of benzene rings is 2. The molecule has 0 fully saturated rings. The lowest BCUT2D eigenvalue weighted by Gasteiger charge is -2.24. The number of hydrogen-bond acceptors (Lipinski definition) is 3. The minimum absolute atomic E-state index is 0.0629. The monoisotopic (exact) mass is 356 g/mol. The van der Waals surface area contributed by atoms with Crippen molar-refractivity contribution in [1.29, 1.82) is 0 Å². The van der Waals surface area contributed by atoms with Crippen LogP contribution in [0.1, 0.15) is 29.2 Å². The molecule has 25 heavy (non-hydrogen) atoms. The Morgan fingerprint density at radius 3 is 2.84 bits per heavy atom. The van der Waals surface area contributed by atoms with Crippen LogP contribution in [0.5, 0.6) is 0 Å². The molecule has 1 aliphatic carbocycles. The van der Waals surface area contributed by atoms with Gasteiger partial charge < -0.3 is 4.90 Å². The lowest BCUT2D eigenvalue weighted by molar-refractivity contribution is -0.384. The number of carbonyl (C=O) groups excluding carboxylic acids is 1. The van der Waals surface area contributed by atoms with Crippen LogP contribution in [-0.4, -0.2) is 22.8 Å². The molecule has 0 N–H and O–H groups in total. The van der Waals surface area contributed by atoms with Crippen molar-refractivity contribution >= 4 is 29.3 Å². The summed E-state index contributed by atoms with van der Waals surface area (Å²) in [5.74, 6) is -0.140. The normalized spacial score (nSPS) is 16.0. The van der Waals surface area contributed by atoms with Gasteiger partial charge in [0.15, 0.2) is 0 Å². The number of likely N-dealkylation sites (N-methyl/N-ethyl adjacent to an activating group) is 1. The van der Waals surface area contributed by atoms with E-state index in [-0.39, 0.29) is 22.7 Å². The van der Waals surface area contributed by atoms with Crippen LogP contribution in [0.2, 0.25) is 5.02 Å². The summed E-state index contributed by atoms with van der Waals surface area (Å²) in [5.41, 5.74) is 2.86. The molecule has 0 aliphatic heterocycles. The second kappa shape index (κ2) is 7.07. The highest BCUT2D eigenvalue weighted by molar-refractivity contribution is 6.32. The molecule has 128 valence electrons. The zero-order valence-corrected chi connectivity index (χ0v) is 14.4. The lowest BCUT2D eigenvalue weighted by Crippen LogP contribution is -2.28. The third-order valence-electron chi connectivity index (χ3n) is 4.50. The minimum Gasteiger partial charge on any atom is -0.335 e. The average molecular weight is 357 g/mol. The van der Waals surface area contributed by atoms with Gasteiger partial charge in [-0.25, -0.2) is 0 Å². The fraction of sp³-hybridized carbons (Fsp3) is 0.211. The number of rotatable bonds is 4. The van der Waals surface area contributed by atoms with Gasteiger partial charge in [0, 0.05) is 19.2 Å². The average Bonchev–Trinajstić information content (AvgIpc) is 3.03. The van der Waals surface area contributed by atoms with Gasteiger partial charge in [0.1, 0.15) is 5.02 Å². The zero-order chi connectivity index (χ0) is 18.0. The summed E-state index contributed by atoms with van der Waals surface area (Å²) in [6.45, 7) is 0. The van der Waals surface area contributed by atoms with E-state index in [0.717, 1.165) is 12.8 Å². The zero-order valence-electron chi connectivity index (χ0n) is 13.7. The standard InChI is InChI=1S/C19H17ClN2O3/c1-21(17-10-8-14-4-2-3-5-15(14)17)19(23)11-7-13-6-9-16(20)18(12-13)22(24)25/h2-7,9,11-12,17H,8,10H2,1H3/b11-7+. The van der Waals surface area contributed by atoms with E-state index >= 15 is 0 Å². The fourth-order valence-corrected chi connectivity index (χ4v) is 3.34. The van der Waals surface area contributed by atoms with Crippen molar-refractivity contribution in [3.63, 3.8) is 0 Å². The van der Waals surface area contributed by atoms with E-state index in [2.05, 4.69) is 12.1 Å². The largest absolute Gasteiger partial charge is 0.335 e. The van der Waals surface area contributed by atoms with Crippen molar-refractivity contribution in [2.75, 3.05) is 7.05 Å². The Labute approximate surface area is 150 Å². The number of fused-ring (bicyclic) bond motifs is 1. The van der Waals surface area contributed by atoms with E-state index in [9.17, 15) is 14.9 Å². The Balaban J connectivity index is 1.75. The van der Waals surface area contributed by atoms with Gasteiger partial charge in [0.05, 0.1) is 11.0 Å². The lowest BCUT2D eigenvalue weighted by atomic mass is 10.1. The van der Waals surface area contributed by atoms with Crippen LogP contribution in [0.3, 0.4) is 0 Å². The number of carbonyl (C=O) groups is 1. The first-order valence-electron chi connectivity index (χ1n) is 7.94. The smallest absolute Gasteiger partial charge is 0.288 e. The van der Waals surface area contributed by atoms with Crippen molar-refractivity contribution in [2.24, 2.45) is 0 Å². The topological polar surface area (TPSA) is 63.5 Å². The number of nitro groups is 1. The van der Waals surface area contributed by atoms with Crippen LogP contribution in [0.4, 0.5) is 5.69 Å². The molecule has 0 saturated carbocycles. The summed E-state index contributed by atoms with van der Waals surface area (Å²) in [6.07, 6.45) is 4.88. The maximum Gasteiger partial charge on any atom is 0.288 e. The van der Waals surface area contributed by atoms with Gasteiger partial charge >= 0.3 is 0 Å². The maximum absolute atomic E-state index is 12.5. The van der Waals surface area contributed by atoms with Crippen molar-refractivity contribution < 1.29 is 9.72 Å². The fourth-order valence-electron chi connectivity index (χ4n) is 3.15. The van der Waals surface area contributed by atoms with Crippen molar-refractivity contribution in [1.82, 2.24) is 4.90 Å². The summed E-state index contributed by atoms with van der Waals surface area (Å²) in [5, 5.41) is 11.0. The highest BCUT2D eigenvalue weighted by Crippen LogP contribution is 2.35. The molecule has 0 heterocycles. The van der Waals surface area contributed by atoms with Gasteiger partial charge in [0.2, 0.25) is 5.91 Å². The van der Waals surface area contributed by atoms with Crippen LogP contribution < -0.4 is 0 Å². The van der Waals surface area contributed by atoms with Gasteiger partial charge in [0.25, 0.3) is 5.69 Å². The second-order valence-corrected chi connectivity index (χ2v) is 6.41. The molecule has 2 aromatic carbocycles. The van der Waals surface area contributed by atoms with Gasteiger partial charge in [-0.2, -0.15) is 0 Å². The number of aryl methyl sites for hydroxylation is 1. The molecule has 3 rings (SSSR count). The number of hydrogen-bond donors (Lipinski definition) is 0. The summed E-state index contributed by atoms with van der Waals surface area (Å²) < 4.78 is 0. The molecule has 1 unspecified atom stereocenters. The Hall–Kier alpha value is -2.66. The molecule has 0 aromatic heterocycles. The Bertz CT molecular complexity index is 863. The van der Waals surface area contributed by atoms with E-state index in [1.54, 1.807) is 24.1 Å². The van der Waals surface area contributed by atoms with Gasteiger partial charge in [-0.05, 0) is 41.7 Å². The number of nitrogens with zero attached hydrogens (tertiary/aromatic N) is 2. The molecule has 0 spiro atoms.